The van der Waals surface area contributed by atoms with E-state index in [0.29, 0.717) is 19.3 Å². The Morgan fingerprint density at radius 2 is 0.539 bits per heavy atom. The van der Waals surface area contributed by atoms with Crippen LogP contribution in [-0.4, -0.2) is 37.2 Å². The lowest BCUT2D eigenvalue weighted by atomic mass is 10.1. The first-order chi connectivity index (χ1) is 37.5. The first-order valence-corrected chi connectivity index (χ1v) is 30.5. The maximum absolute atomic E-state index is 12.8. The number of carbonyl (C=O) groups excluding carboxylic acids is 3. The number of hydrogen-bond donors (Lipinski definition) is 0. The van der Waals surface area contributed by atoms with E-state index in [-0.39, 0.29) is 31.6 Å². The van der Waals surface area contributed by atoms with Crippen molar-refractivity contribution in [2.24, 2.45) is 0 Å². The van der Waals surface area contributed by atoms with Gasteiger partial charge in [-0.05, 0) is 116 Å². The van der Waals surface area contributed by atoms with E-state index >= 15 is 0 Å². The van der Waals surface area contributed by atoms with Crippen molar-refractivity contribution in [2.75, 3.05) is 13.2 Å². The number of allylic oxidation sites excluding steroid dienone is 26. The summed E-state index contributed by atoms with van der Waals surface area (Å²) in [5, 5.41) is 0. The topological polar surface area (TPSA) is 78.9 Å². The lowest BCUT2D eigenvalue weighted by molar-refractivity contribution is -0.166. The molecule has 0 aliphatic rings. The third-order valence-electron chi connectivity index (χ3n) is 12.3. The molecule has 0 aromatic carbocycles. The second-order valence-electron chi connectivity index (χ2n) is 19.5. The Morgan fingerprint density at radius 1 is 0.276 bits per heavy atom. The van der Waals surface area contributed by atoms with E-state index in [0.717, 1.165) is 128 Å². The van der Waals surface area contributed by atoms with E-state index in [1.807, 2.05) is 12.2 Å². The second-order valence-corrected chi connectivity index (χ2v) is 19.5. The third-order valence-corrected chi connectivity index (χ3v) is 12.3. The van der Waals surface area contributed by atoms with Gasteiger partial charge in [0.1, 0.15) is 13.2 Å². The highest BCUT2D eigenvalue weighted by atomic mass is 16.6. The molecule has 0 saturated heterocycles. The van der Waals surface area contributed by atoms with Crippen molar-refractivity contribution in [1.82, 2.24) is 0 Å². The highest BCUT2D eigenvalue weighted by Gasteiger charge is 2.19. The number of hydrogen-bond acceptors (Lipinski definition) is 6. The average Bonchev–Trinajstić information content (AvgIpc) is 3.42. The fourth-order valence-electron chi connectivity index (χ4n) is 7.80. The van der Waals surface area contributed by atoms with E-state index in [4.69, 9.17) is 14.2 Å². The van der Waals surface area contributed by atoms with Crippen LogP contribution in [0.15, 0.2) is 158 Å². The highest BCUT2D eigenvalue weighted by Crippen LogP contribution is 2.14. The molecule has 0 amide bonds. The number of rotatable bonds is 53. The van der Waals surface area contributed by atoms with Gasteiger partial charge in [0.2, 0.25) is 0 Å². The fourth-order valence-corrected chi connectivity index (χ4v) is 7.80. The SMILES string of the molecule is CC/C=C\C/C=C\C/C=C\C/C=C\C/C=C\C/C=C\C/C=C\C/C=C\C/C=C\CCCCCCCCCC(=O)OCC(COC(=O)CCCCCCCCCCCC)OC(=O)CC/C=C\C/C=C\C/C=C\C/C=C\CC. The minimum absolute atomic E-state index is 0.114. The van der Waals surface area contributed by atoms with E-state index in [1.165, 1.54) is 70.6 Å². The van der Waals surface area contributed by atoms with Gasteiger partial charge in [0.15, 0.2) is 6.10 Å². The Hall–Kier alpha value is -4.97. The van der Waals surface area contributed by atoms with Crippen LogP contribution in [0.4, 0.5) is 0 Å². The smallest absolute Gasteiger partial charge is 0.306 e. The zero-order valence-electron chi connectivity index (χ0n) is 48.7. The molecule has 0 N–H and O–H groups in total. The second kappa shape index (κ2) is 62.6. The van der Waals surface area contributed by atoms with Crippen LogP contribution in [0.1, 0.15) is 245 Å². The van der Waals surface area contributed by atoms with E-state index in [1.54, 1.807) is 0 Å². The van der Waals surface area contributed by atoms with Crippen molar-refractivity contribution < 1.29 is 28.6 Å². The molecule has 0 bridgehead atoms. The van der Waals surface area contributed by atoms with Crippen molar-refractivity contribution >= 4 is 17.9 Å². The van der Waals surface area contributed by atoms with Crippen molar-refractivity contribution in [3.05, 3.63) is 158 Å². The van der Waals surface area contributed by atoms with Crippen LogP contribution in [0.25, 0.3) is 0 Å². The largest absolute Gasteiger partial charge is 0.462 e. The Kier molecular flexibility index (Phi) is 58.5. The molecule has 0 aliphatic heterocycles. The molecule has 0 rings (SSSR count). The van der Waals surface area contributed by atoms with Crippen LogP contribution in [0.2, 0.25) is 0 Å². The summed E-state index contributed by atoms with van der Waals surface area (Å²) in [4.78, 5) is 38.0. The molecule has 76 heavy (non-hydrogen) atoms. The van der Waals surface area contributed by atoms with Gasteiger partial charge < -0.3 is 14.2 Å². The predicted octanol–water partition coefficient (Wildman–Crippen LogP) is 20.9. The Morgan fingerprint density at radius 3 is 0.855 bits per heavy atom. The van der Waals surface area contributed by atoms with Gasteiger partial charge in [-0.1, -0.05) is 269 Å². The quantitative estimate of drug-likeness (QED) is 0.0261. The minimum Gasteiger partial charge on any atom is -0.462 e. The summed E-state index contributed by atoms with van der Waals surface area (Å²) in [5.41, 5.74) is 0. The van der Waals surface area contributed by atoms with Crippen LogP contribution in [0.5, 0.6) is 0 Å². The van der Waals surface area contributed by atoms with Crippen molar-refractivity contribution in [3.63, 3.8) is 0 Å². The number of unbranched alkanes of at least 4 members (excludes halogenated alkanes) is 16. The zero-order valence-corrected chi connectivity index (χ0v) is 48.7. The molecular weight excluding hydrogens is 937 g/mol. The molecule has 1 atom stereocenters. The van der Waals surface area contributed by atoms with Gasteiger partial charge >= 0.3 is 17.9 Å². The molecule has 0 spiro atoms. The van der Waals surface area contributed by atoms with Gasteiger partial charge in [-0.3, -0.25) is 14.4 Å². The molecular formula is C70H110O6. The Labute approximate surface area is 467 Å². The summed E-state index contributed by atoms with van der Waals surface area (Å²) in [7, 11) is 0. The first-order valence-electron chi connectivity index (χ1n) is 30.5. The molecule has 1 unspecified atom stereocenters. The maximum Gasteiger partial charge on any atom is 0.306 e. The summed E-state index contributed by atoms with van der Waals surface area (Å²) in [6.45, 7) is 6.31. The van der Waals surface area contributed by atoms with Crippen LogP contribution in [0.3, 0.4) is 0 Å². The molecule has 0 aliphatic carbocycles. The maximum atomic E-state index is 12.8. The summed E-state index contributed by atoms with van der Waals surface area (Å²) in [5.74, 6) is -1.02. The van der Waals surface area contributed by atoms with Gasteiger partial charge in [-0.25, -0.2) is 0 Å². The Balaban J connectivity index is 4.24. The minimum atomic E-state index is -0.824. The summed E-state index contributed by atoms with van der Waals surface area (Å²) in [6, 6.07) is 0. The Bertz CT molecular complexity index is 1720. The lowest BCUT2D eigenvalue weighted by Crippen LogP contribution is -2.30. The molecule has 0 heterocycles. The molecule has 0 saturated carbocycles. The van der Waals surface area contributed by atoms with Crippen LogP contribution in [0, 0.1) is 0 Å². The van der Waals surface area contributed by atoms with Gasteiger partial charge in [0, 0.05) is 19.3 Å². The standard InChI is InChI=1S/C70H110O6/c1-4-7-10-13-16-19-22-24-25-26-27-28-29-30-31-32-33-34-35-36-37-38-39-40-41-42-43-44-45-47-48-51-54-57-60-63-69(72)75-66-67(65-74-68(71)62-59-56-53-50-21-18-15-12-9-6-3)76-70(73)64-61-58-55-52-49-46-23-20-17-14-11-8-5-2/h7-8,10-11,16-17,19-20,24-25,27-28,30-31,33-34,36-37,39-40,42-43,46,49,55,58,67H,4-6,9,12-15,18,21-23,26,29,32,35,38,41,44-45,47-48,50-54,56-57,59-66H2,1-3H3/b10-7-,11-8-,19-16-,20-17-,25-24-,28-27-,31-30-,34-33-,37-36-,40-39-,43-42-,49-46-,58-55-. The average molecular weight is 1050 g/mol. The summed E-state index contributed by atoms with van der Waals surface area (Å²) >= 11 is 0. The molecule has 6 heteroatoms. The van der Waals surface area contributed by atoms with Gasteiger partial charge in [0.05, 0.1) is 0 Å². The first kappa shape index (κ1) is 71.0. The highest BCUT2D eigenvalue weighted by molar-refractivity contribution is 5.71. The molecule has 6 nitrogen and oxygen atoms in total. The molecule has 0 radical (unpaired) electrons. The van der Waals surface area contributed by atoms with Crippen molar-refractivity contribution in [1.29, 1.82) is 0 Å². The van der Waals surface area contributed by atoms with E-state index in [2.05, 4.69) is 167 Å². The van der Waals surface area contributed by atoms with Crippen LogP contribution < -0.4 is 0 Å². The molecule has 0 aromatic heterocycles. The van der Waals surface area contributed by atoms with E-state index < -0.39 is 12.1 Å². The zero-order chi connectivity index (χ0) is 55.0. The van der Waals surface area contributed by atoms with Gasteiger partial charge in [-0.15, -0.1) is 0 Å². The monoisotopic (exact) mass is 1050 g/mol. The number of carbonyl (C=O) groups is 3. The van der Waals surface area contributed by atoms with Gasteiger partial charge in [0.25, 0.3) is 0 Å². The van der Waals surface area contributed by atoms with E-state index in [9.17, 15) is 14.4 Å². The van der Waals surface area contributed by atoms with Gasteiger partial charge in [-0.2, -0.15) is 0 Å². The third kappa shape index (κ3) is 59.9. The number of esters is 3. The molecule has 0 fully saturated rings. The predicted molar refractivity (Wildman–Crippen MR) is 329 cm³/mol. The van der Waals surface area contributed by atoms with Crippen LogP contribution >= 0.6 is 0 Å². The number of ether oxygens (including phenoxy) is 3. The fraction of sp³-hybridized carbons (Fsp3) is 0.586. The summed E-state index contributed by atoms with van der Waals surface area (Å²) < 4.78 is 16.7. The molecule has 0 aromatic rings. The lowest BCUT2D eigenvalue weighted by Gasteiger charge is -2.18. The molecule has 426 valence electrons. The van der Waals surface area contributed by atoms with Crippen LogP contribution in [-0.2, 0) is 28.6 Å². The summed E-state index contributed by atoms with van der Waals surface area (Å²) in [6.07, 6.45) is 91.3. The van der Waals surface area contributed by atoms with Crippen molar-refractivity contribution in [3.8, 4) is 0 Å². The normalized spacial score (nSPS) is 13.2. The van der Waals surface area contributed by atoms with Crippen molar-refractivity contribution in [2.45, 2.75) is 252 Å².